The Morgan fingerprint density at radius 2 is 1.18 bits per heavy atom. The molecule has 3 aromatic carbocycles. The Kier molecular flexibility index (Phi) is 10.1. The summed E-state index contributed by atoms with van der Waals surface area (Å²) < 4.78 is 17.5. The van der Waals surface area contributed by atoms with E-state index in [0.29, 0.717) is 65.4 Å². The lowest BCUT2D eigenvalue weighted by Crippen LogP contribution is -2.45. The molecule has 3 aromatic rings. The smallest absolute Gasteiger partial charge is 0.407 e. The van der Waals surface area contributed by atoms with Gasteiger partial charge in [-0.3, -0.25) is 15.0 Å². The number of rotatable bonds is 9. The van der Waals surface area contributed by atoms with Crippen LogP contribution >= 0.6 is 0 Å². The first-order valence-electron chi connectivity index (χ1n) is 14.5. The van der Waals surface area contributed by atoms with Crippen LogP contribution in [0.1, 0.15) is 72.7 Å². The predicted octanol–water partition coefficient (Wildman–Crippen LogP) is 5.48. The minimum atomic E-state index is -0.566. The Hall–Kier alpha value is -5.06. The number of nitrogen functional groups attached to an aromatic ring is 1. The number of amidine groups is 1. The van der Waals surface area contributed by atoms with Gasteiger partial charge >= 0.3 is 6.09 Å². The van der Waals surface area contributed by atoms with Crippen molar-refractivity contribution in [2.75, 3.05) is 7.05 Å². The first-order valence-corrected chi connectivity index (χ1v) is 14.5. The zero-order valence-corrected chi connectivity index (χ0v) is 25.4. The molecule has 1 fully saturated rings. The number of benzene rings is 3. The third kappa shape index (κ3) is 9.22. The number of nitrogens with one attached hydrogen (secondary N) is 4. The lowest BCUT2D eigenvalue weighted by atomic mass is 9.91. The van der Waals surface area contributed by atoms with Gasteiger partial charge in [-0.2, -0.15) is 0 Å². The molecule has 44 heavy (non-hydrogen) atoms. The molecule has 0 atom stereocenters. The largest absolute Gasteiger partial charge is 0.457 e. The van der Waals surface area contributed by atoms with Crippen LogP contribution in [0, 0.1) is 5.41 Å². The molecule has 0 heterocycles. The third-order valence-electron chi connectivity index (χ3n) is 6.91. The van der Waals surface area contributed by atoms with Gasteiger partial charge in [0.1, 0.15) is 34.4 Å². The zero-order chi connectivity index (χ0) is 31.9. The van der Waals surface area contributed by atoms with Crippen LogP contribution in [0.2, 0.25) is 0 Å². The topological polar surface area (TPSA) is 165 Å². The first kappa shape index (κ1) is 31.9. The molecule has 0 aromatic heterocycles. The van der Waals surface area contributed by atoms with Crippen LogP contribution in [-0.2, 0) is 4.74 Å². The number of alkyl carbamates (subject to hydrolysis) is 1. The molecule has 3 amide bonds. The van der Waals surface area contributed by atoms with Gasteiger partial charge in [-0.1, -0.05) is 0 Å². The van der Waals surface area contributed by atoms with Crippen molar-refractivity contribution in [3.63, 3.8) is 0 Å². The number of carbonyl (C=O) groups is 3. The van der Waals surface area contributed by atoms with E-state index in [0.717, 1.165) is 0 Å². The number of hydrogen-bond acceptors (Lipinski definition) is 7. The van der Waals surface area contributed by atoms with Gasteiger partial charge in [-0.05, 0) is 107 Å². The molecule has 6 N–H and O–H groups in total. The maximum absolute atomic E-state index is 13.4. The molecule has 0 spiro atoms. The molecule has 4 rings (SSSR count). The van der Waals surface area contributed by atoms with Crippen molar-refractivity contribution in [2.24, 2.45) is 5.73 Å². The minimum absolute atomic E-state index is 0.0149. The predicted molar refractivity (Wildman–Crippen MR) is 167 cm³/mol. The van der Waals surface area contributed by atoms with Crippen LogP contribution in [0.4, 0.5) is 4.79 Å². The summed E-state index contributed by atoms with van der Waals surface area (Å²) in [4.78, 5) is 37.5. The zero-order valence-electron chi connectivity index (χ0n) is 25.4. The molecule has 11 heteroatoms. The van der Waals surface area contributed by atoms with Crippen molar-refractivity contribution in [1.29, 1.82) is 5.41 Å². The second-order valence-corrected chi connectivity index (χ2v) is 11.6. The number of carbonyl (C=O) groups excluding carboxylic acids is 3. The van der Waals surface area contributed by atoms with Crippen LogP contribution in [-0.4, -0.2) is 48.5 Å². The fourth-order valence-corrected chi connectivity index (χ4v) is 4.74. The lowest BCUT2D eigenvalue weighted by molar-refractivity contribution is 0.0487. The highest BCUT2D eigenvalue weighted by molar-refractivity contribution is 5.96. The van der Waals surface area contributed by atoms with E-state index in [1.165, 1.54) is 0 Å². The molecule has 0 bridgehead atoms. The normalized spacial score (nSPS) is 16.3. The molecular weight excluding hydrogens is 562 g/mol. The van der Waals surface area contributed by atoms with Crippen LogP contribution in [0.15, 0.2) is 66.7 Å². The Morgan fingerprint density at radius 3 is 1.64 bits per heavy atom. The van der Waals surface area contributed by atoms with Crippen molar-refractivity contribution >= 4 is 23.7 Å². The highest BCUT2D eigenvalue weighted by Crippen LogP contribution is 2.31. The standard InChI is InChI=1S/C33H39N5O6/c1-33(2,3)44-32(41)38-24-11-9-23(10-12-24)37-31(40)22-17-27(42-25-13-5-20(6-14-25)29(34)35)19-28(18-22)43-26-15-7-21(8-16-26)30(39)36-4/h5-8,13-19,23-24H,9-12H2,1-4H3,(H3,34,35)(H,36,39)(H,37,40)(H,38,41). The van der Waals surface area contributed by atoms with Gasteiger partial charge in [0, 0.05) is 41.9 Å². The summed E-state index contributed by atoms with van der Waals surface area (Å²) in [5.41, 5.74) is 6.38. The molecular formula is C33H39N5O6. The van der Waals surface area contributed by atoms with E-state index in [4.69, 9.17) is 25.4 Å². The van der Waals surface area contributed by atoms with E-state index in [9.17, 15) is 14.4 Å². The van der Waals surface area contributed by atoms with Crippen molar-refractivity contribution in [2.45, 2.75) is 64.1 Å². The minimum Gasteiger partial charge on any atom is -0.457 e. The average molecular weight is 602 g/mol. The second kappa shape index (κ2) is 13.9. The number of ether oxygens (including phenoxy) is 3. The molecule has 0 aliphatic heterocycles. The van der Waals surface area contributed by atoms with E-state index >= 15 is 0 Å². The number of hydrogen-bond donors (Lipinski definition) is 5. The molecule has 0 radical (unpaired) electrons. The summed E-state index contributed by atoms with van der Waals surface area (Å²) in [5.74, 6) is 1.15. The summed E-state index contributed by atoms with van der Waals surface area (Å²) in [6.45, 7) is 5.47. The molecule has 0 saturated heterocycles. The Morgan fingerprint density at radius 1 is 0.705 bits per heavy atom. The second-order valence-electron chi connectivity index (χ2n) is 11.6. The average Bonchev–Trinajstić information content (AvgIpc) is 2.97. The highest BCUT2D eigenvalue weighted by Gasteiger charge is 2.26. The fourth-order valence-electron chi connectivity index (χ4n) is 4.74. The maximum Gasteiger partial charge on any atom is 0.407 e. The van der Waals surface area contributed by atoms with Crippen molar-refractivity contribution < 1.29 is 28.6 Å². The fraction of sp³-hybridized carbons (Fsp3) is 0.333. The molecule has 232 valence electrons. The molecule has 1 aliphatic rings. The molecule has 0 unspecified atom stereocenters. The number of amides is 3. The van der Waals surface area contributed by atoms with Crippen molar-refractivity contribution in [3.05, 3.63) is 83.4 Å². The van der Waals surface area contributed by atoms with Gasteiger partial charge < -0.3 is 35.9 Å². The maximum atomic E-state index is 13.4. The van der Waals surface area contributed by atoms with Gasteiger partial charge in [0.15, 0.2) is 0 Å². The van der Waals surface area contributed by atoms with Crippen LogP contribution < -0.4 is 31.2 Å². The van der Waals surface area contributed by atoms with Crippen LogP contribution in [0.25, 0.3) is 0 Å². The highest BCUT2D eigenvalue weighted by atomic mass is 16.6. The Labute approximate surface area is 257 Å². The Bertz CT molecular complexity index is 1490. The molecule has 1 aliphatic carbocycles. The van der Waals surface area contributed by atoms with Gasteiger partial charge in [0.25, 0.3) is 11.8 Å². The van der Waals surface area contributed by atoms with E-state index in [2.05, 4.69) is 16.0 Å². The monoisotopic (exact) mass is 601 g/mol. The third-order valence-corrected chi connectivity index (χ3v) is 6.91. The summed E-state index contributed by atoms with van der Waals surface area (Å²) in [7, 11) is 1.56. The lowest BCUT2D eigenvalue weighted by Gasteiger charge is -2.30. The van der Waals surface area contributed by atoms with Crippen molar-refractivity contribution in [1.82, 2.24) is 16.0 Å². The van der Waals surface area contributed by atoms with Crippen LogP contribution in [0.3, 0.4) is 0 Å². The van der Waals surface area contributed by atoms with Crippen molar-refractivity contribution in [3.8, 4) is 23.0 Å². The Balaban J connectivity index is 1.47. The van der Waals surface area contributed by atoms with E-state index < -0.39 is 11.7 Å². The first-order chi connectivity index (χ1) is 20.9. The summed E-state index contributed by atoms with van der Waals surface area (Å²) in [6.07, 6.45) is 2.39. The van der Waals surface area contributed by atoms with Gasteiger partial charge in [-0.25, -0.2) is 4.79 Å². The van der Waals surface area contributed by atoms with Gasteiger partial charge in [-0.15, -0.1) is 0 Å². The number of nitrogens with two attached hydrogens (primary N) is 1. The quantitative estimate of drug-likeness (QED) is 0.160. The van der Waals surface area contributed by atoms with Gasteiger partial charge in [0.05, 0.1) is 0 Å². The summed E-state index contributed by atoms with van der Waals surface area (Å²) in [6, 6.07) is 18.2. The van der Waals surface area contributed by atoms with Gasteiger partial charge in [0.2, 0.25) is 0 Å². The van der Waals surface area contributed by atoms with E-state index in [-0.39, 0.29) is 29.7 Å². The SMILES string of the molecule is CNC(=O)c1ccc(Oc2cc(Oc3ccc(C(=N)N)cc3)cc(C(=O)NC3CCC(NC(=O)OC(C)(C)C)CC3)c2)cc1. The van der Waals surface area contributed by atoms with E-state index in [1.807, 2.05) is 20.8 Å². The summed E-state index contributed by atoms with van der Waals surface area (Å²) >= 11 is 0. The molecule has 11 nitrogen and oxygen atoms in total. The summed E-state index contributed by atoms with van der Waals surface area (Å²) in [5, 5.41) is 16.2. The van der Waals surface area contributed by atoms with E-state index in [1.54, 1.807) is 73.8 Å². The van der Waals surface area contributed by atoms with Crippen LogP contribution in [0.5, 0.6) is 23.0 Å². The molecule has 1 saturated carbocycles.